The van der Waals surface area contributed by atoms with Crippen molar-refractivity contribution in [3.63, 3.8) is 0 Å². The summed E-state index contributed by atoms with van der Waals surface area (Å²) in [4.78, 5) is 0. The van der Waals surface area contributed by atoms with Gasteiger partial charge in [-0.3, -0.25) is 0 Å². The third kappa shape index (κ3) is 7.49. The topological polar surface area (TPSA) is 52.0 Å². The van der Waals surface area contributed by atoms with Gasteiger partial charge >= 0.3 is 0 Å². The second-order valence-electron chi connectivity index (χ2n) is 10.0. The minimum atomic E-state index is -0.984. The van der Waals surface area contributed by atoms with E-state index in [-0.39, 0.29) is 0 Å². The van der Waals surface area contributed by atoms with E-state index >= 15 is 0 Å². The minimum absolute atomic E-state index is 0.460. The molecule has 0 heterocycles. The Balaban J connectivity index is 1.59. The maximum atomic E-state index is 7.12. The zero-order valence-corrected chi connectivity index (χ0v) is 27.7. The first-order chi connectivity index (χ1) is 19.3. The third-order valence-corrected chi connectivity index (χ3v) is 9.48. The zero-order valence-electron chi connectivity index (χ0n) is 21.6. The van der Waals surface area contributed by atoms with Gasteiger partial charge in [0.05, 0.1) is 0 Å². The lowest BCUT2D eigenvalue weighted by Gasteiger charge is -2.33. The van der Waals surface area contributed by atoms with Gasteiger partial charge in [-0.1, -0.05) is 136 Å². The molecule has 0 aliphatic carbocycles. The molecule has 0 amide bonds. The Morgan fingerprint density at radius 3 is 0.902 bits per heavy atom. The molecule has 4 aromatic rings. The Morgan fingerprint density at radius 1 is 0.439 bits per heavy atom. The van der Waals surface area contributed by atoms with E-state index in [1.165, 1.54) is 0 Å². The van der Waals surface area contributed by atoms with Crippen LogP contribution in [0.15, 0.2) is 72.8 Å². The standard InChI is InChI=1S/C29H24B2Cl8N2/c32-16-2-6-20(24(36)12-16)28(40,21-7-3-17(33)13-25(21)37)30-10-1-11-31-29(41,22-8-4-18(34)14-26(22)38)23-9-5-19(35)15-27(23)39/h2-9,12-15,30-31H,1,10-11,40-41H2. The van der Waals surface area contributed by atoms with E-state index in [0.29, 0.717) is 54.7 Å². The highest BCUT2D eigenvalue weighted by Crippen LogP contribution is 2.40. The molecule has 0 aromatic heterocycles. The van der Waals surface area contributed by atoms with Gasteiger partial charge in [0, 0.05) is 51.1 Å². The zero-order chi connectivity index (χ0) is 29.9. The van der Waals surface area contributed by atoms with E-state index in [1.54, 1.807) is 48.5 Å². The Kier molecular flexibility index (Phi) is 11.2. The van der Waals surface area contributed by atoms with Gasteiger partial charge in [-0.25, -0.2) is 0 Å². The fourth-order valence-electron chi connectivity index (χ4n) is 5.22. The van der Waals surface area contributed by atoms with Crippen molar-refractivity contribution in [1.82, 2.24) is 0 Å². The van der Waals surface area contributed by atoms with Crippen LogP contribution in [0.1, 0.15) is 28.7 Å². The maximum Gasteiger partial charge on any atom is 0.157 e. The van der Waals surface area contributed by atoms with E-state index in [1.807, 2.05) is 24.3 Å². The first-order valence-electron chi connectivity index (χ1n) is 12.7. The fraction of sp³-hybridized carbons (Fsp3) is 0.172. The van der Waals surface area contributed by atoms with Crippen LogP contribution in [0.2, 0.25) is 52.8 Å². The highest BCUT2D eigenvalue weighted by molar-refractivity contribution is 6.46. The van der Waals surface area contributed by atoms with Crippen LogP contribution in [0.5, 0.6) is 0 Å². The van der Waals surface area contributed by atoms with Crippen molar-refractivity contribution in [3.05, 3.63) is 135 Å². The Morgan fingerprint density at radius 2 is 0.683 bits per heavy atom. The van der Waals surface area contributed by atoms with E-state index < -0.39 is 10.9 Å². The molecule has 0 unspecified atom stereocenters. The van der Waals surface area contributed by atoms with Crippen LogP contribution in [-0.4, -0.2) is 14.6 Å². The Bertz CT molecular complexity index is 1350. The number of benzene rings is 4. The lowest BCUT2D eigenvalue weighted by atomic mass is 9.47. The van der Waals surface area contributed by atoms with Crippen LogP contribution in [-0.2, 0) is 10.9 Å². The molecule has 0 saturated carbocycles. The summed E-state index contributed by atoms with van der Waals surface area (Å²) < 4.78 is 0. The molecule has 0 atom stereocenters. The van der Waals surface area contributed by atoms with Crippen molar-refractivity contribution in [3.8, 4) is 0 Å². The number of halogens is 8. The van der Waals surface area contributed by atoms with Gasteiger partial charge in [0.1, 0.15) is 0 Å². The summed E-state index contributed by atoms with van der Waals surface area (Å²) >= 11 is 51.3. The lowest BCUT2D eigenvalue weighted by molar-refractivity contribution is 0.742. The molecule has 212 valence electrons. The molecule has 2 nitrogen and oxygen atoms in total. The summed E-state index contributed by atoms with van der Waals surface area (Å²) in [7, 11) is 1.10. The lowest BCUT2D eigenvalue weighted by Crippen LogP contribution is -2.45. The summed E-state index contributed by atoms with van der Waals surface area (Å²) in [6, 6.07) is 21.1. The Hall–Kier alpha value is -0.750. The average molecular weight is 706 g/mol. The second kappa shape index (κ2) is 13.9. The molecule has 0 saturated heterocycles. The molecule has 12 heteroatoms. The number of rotatable bonds is 10. The first kappa shape index (κ1) is 33.1. The van der Waals surface area contributed by atoms with Gasteiger partial charge < -0.3 is 11.5 Å². The summed E-state index contributed by atoms with van der Waals surface area (Å²) in [6.45, 7) is 0. The summed E-state index contributed by atoms with van der Waals surface area (Å²) in [5.41, 5.74) is 15.2. The smallest absolute Gasteiger partial charge is 0.157 e. The third-order valence-electron chi connectivity index (χ3n) is 7.29. The van der Waals surface area contributed by atoms with Crippen LogP contribution in [0.25, 0.3) is 0 Å². The number of hydrogen-bond donors (Lipinski definition) is 2. The molecule has 0 bridgehead atoms. The summed E-state index contributed by atoms with van der Waals surface area (Å²) in [6.07, 6.45) is 2.28. The average Bonchev–Trinajstić information content (AvgIpc) is 2.88. The van der Waals surface area contributed by atoms with Crippen molar-refractivity contribution >= 4 is 107 Å². The van der Waals surface area contributed by atoms with Crippen LogP contribution in [0.4, 0.5) is 0 Å². The van der Waals surface area contributed by atoms with Crippen molar-refractivity contribution in [2.75, 3.05) is 0 Å². The monoisotopic (exact) mass is 702 g/mol. The number of nitrogens with two attached hydrogens (primary N) is 2. The van der Waals surface area contributed by atoms with Gasteiger partial charge in [-0.2, -0.15) is 0 Å². The molecule has 0 radical (unpaired) electrons. The summed E-state index contributed by atoms with van der Waals surface area (Å²) in [5, 5.41) is 3.91. The van der Waals surface area contributed by atoms with E-state index in [0.717, 1.165) is 41.3 Å². The van der Waals surface area contributed by atoms with Crippen molar-refractivity contribution in [2.45, 2.75) is 29.9 Å². The van der Waals surface area contributed by atoms with E-state index in [2.05, 4.69) is 0 Å². The highest BCUT2D eigenvalue weighted by Gasteiger charge is 2.36. The van der Waals surface area contributed by atoms with Gasteiger partial charge in [-0.15, -0.1) is 0 Å². The minimum Gasteiger partial charge on any atom is -0.324 e. The van der Waals surface area contributed by atoms with Crippen LogP contribution < -0.4 is 11.5 Å². The predicted molar refractivity (Wildman–Crippen MR) is 184 cm³/mol. The first-order valence-corrected chi connectivity index (χ1v) is 15.8. The summed E-state index contributed by atoms with van der Waals surface area (Å²) in [5.74, 6) is 0. The van der Waals surface area contributed by atoms with Crippen LogP contribution in [0.3, 0.4) is 0 Å². The molecule has 0 aliphatic heterocycles. The highest BCUT2D eigenvalue weighted by atomic mass is 35.5. The Labute approximate surface area is 282 Å². The number of hydrogen-bond acceptors (Lipinski definition) is 2. The van der Waals surface area contributed by atoms with Crippen LogP contribution >= 0.6 is 92.8 Å². The molecular weight excluding hydrogens is 682 g/mol. The molecular formula is C29H24B2Cl8N2. The second-order valence-corrected chi connectivity index (χ2v) is 13.4. The molecule has 4 rings (SSSR count). The van der Waals surface area contributed by atoms with Crippen molar-refractivity contribution in [2.24, 2.45) is 11.5 Å². The maximum absolute atomic E-state index is 7.12. The van der Waals surface area contributed by atoms with Gasteiger partial charge in [-0.05, 0) is 70.8 Å². The molecule has 0 aliphatic rings. The van der Waals surface area contributed by atoms with Gasteiger partial charge in [0.15, 0.2) is 14.6 Å². The molecule has 4 aromatic carbocycles. The molecule has 4 N–H and O–H groups in total. The quantitative estimate of drug-likeness (QED) is 0.128. The largest absolute Gasteiger partial charge is 0.324 e. The van der Waals surface area contributed by atoms with Crippen LogP contribution in [0, 0.1) is 0 Å². The molecule has 0 spiro atoms. The predicted octanol–water partition coefficient (Wildman–Crippen LogP) is 10.0. The van der Waals surface area contributed by atoms with Gasteiger partial charge in [0.2, 0.25) is 0 Å². The molecule has 41 heavy (non-hydrogen) atoms. The molecule has 0 fully saturated rings. The van der Waals surface area contributed by atoms with Crippen molar-refractivity contribution < 1.29 is 0 Å². The van der Waals surface area contributed by atoms with E-state index in [4.69, 9.17) is 104 Å². The normalized spacial score (nSPS) is 12.0. The van der Waals surface area contributed by atoms with Gasteiger partial charge in [0.25, 0.3) is 0 Å². The fourth-order valence-corrected chi connectivity index (χ4v) is 7.53. The van der Waals surface area contributed by atoms with Crippen molar-refractivity contribution in [1.29, 1.82) is 0 Å². The van der Waals surface area contributed by atoms with E-state index in [9.17, 15) is 0 Å². The SMILES string of the molecule is NC(BCCCBC(N)(c1ccc(Cl)cc1Cl)c1ccc(Cl)cc1Cl)(c1ccc(Cl)cc1Cl)c1ccc(Cl)cc1Cl.